The fourth-order valence-corrected chi connectivity index (χ4v) is 5.41. The summed E-state index contributed by atoms with van der Waals surface area (Å²) in [6, 6.07) is 6.53. The number of aromatic nitrogens is 3. The van der Waals surface area contributed by atoms with Gasteiger partial charge in [-0.2, -0.15) is 5.10 Å². The van der Waals surface area contributed by atoms with Crippen LogP contribution in [-0.2, 0) is 6.54 Å². The van der Waals surface area contributed by atoms with Gasteiger partial charge < -0.3 is 10.5 Å². The van der Waals surface area contributed by atoms with Gasteiger partial charge in [0.1, 0.15) is 17.6 Å². The summed E-state index contributed by atoms with van der Waals surface area (Å²) in [4.78, 5) is 7.93. The van der Waals surface area contributed by atoms with E-state index in [-0.39, 0.29) is 0 Å². The molecule has 28 heavy (non-hydrogen) atoms. The molecule has 0 radical (unpaired) electrons. The topological polar surface area (TPSA) is 68.7 Å². The Morgan fingerprint density at radius 3 is 2.82 bits per heavy atom. The molecule has 0 spiro atoms. The van der Waals surface area contributed by atoms with Crippen LogP contribution in [0.4, 0.5) is 5.82 Å². The van der Waals surface area contributed by atoms with Crippen LogP contribution < -0.4 is 10.5 Å². The molecule has 1 fully saturated rings. The third-order valence-corrected chi connectivity index (χ3v) is 6.65. The molecule has 3 aromatic heterocycles. The number of thiophene rings is 1. The number of aryl methyl sites for hydroxylation is 1. The van der Waals surface area contributed by atoms with E-state index in [1.54, 1.807) is 18.4 Å². The first-order chi connectivity index (χ1) is 13.6. The Morgan fingerprint density at radius 2 is 2.04 bits per heavy atom. The Balaban J connectivity index is 1.73. The lowest BCUT2D eigenvalue weighted by Gasteiger charge is -2.14. The lowest BCUT2D eigenvalue weighted by Crippen LogP contribution is -2.18. The predicted molar refractivity (Wildman–Crippen MR) is 114 cm³/mol. The predicted octanol–water partition coefficient (Wildman–Crippen LogP) is 4.11. The maximum absolute atomic E-state index is 6.28. The van der Waals surface area contributed by atoms with Crippen LogP contribution in [0.15, 0.2) is 30.7 Å². The molecule has 5 rings (SSSR count). The minimum atomic E-state index is 0.512. The average molecular weight is 394 g/mol. The van der Waals surface area contributed by atoms with E-state index in [1.807, 2.05) is 4.52 Å². The van der Waals surface area contributed by atoms with Crippen molar-refractivity contribution in [2.45, 2.75) is 26.3 Å². The number of hydrogen-bond acceptors (Lipinski definition) is 6. The Hall–Kier alpha value is -2.64. The fourth-order valence-electron chi connectivity index (χ4n) is 4.20. The highest BCUT2D eigenvalue weighted by molar-refractivity contribution is 7.22. The maximum atomic E-state index is 6.28. The van der Waals surface area contributed by atoms with E-state index in [1.165, 1.54) is 40.6 Å². The van der Waals surface area contributed by atoms with Crippen LogP contribution in [0.3, 0.4) is 0 Å². The highest BCUT2D eigenvalue weighted by Crippen LogP contribution is 2.43. The molecule has 0 unspecified atom stereocenters. The number of nitrogens with two attached hydrogens (primary N) is 1. The van der Waals surface area contributed by atoms with Crippen molar-refractivity contribution in [3.8, 4) is 16.2 Å². The zero-order valence-electron chi connectivity index (χ0n) is 16.1. The first kappa shape index (κ1) is 17.5. The summed E-state index contributed by atoms with van der Waals surface area (Å²) in [5, 5.41) is 5.61. The van der Waals surface area contributed by atoms with Gasteiger partial charge in [-0.05, 0) is 61.5 Å². The molecule has 1 saturated heterocycles. The van der Waals surface area contributed by atoms with Crippen molar-refractivity contribution in [1.29, 1.82) is 0 Å². The molecule has 1 aromatic carbocycles. The molecule has 1 aliphatic rings. The van der Waals surface area contributed by atoms with Gasteiger partial charge in [-0.25, -0.2) is 9.50 Å². The second-order valence-electron chi connectivity index (χ2n) is 7.45. The fraction of sp³-hybridized carbons (Fsp3) is 0.333. The Labute approximate surface area is 167 Å². The minimum Gasteiger partial charge on any atom is -0.495 e. The summed E-state index contributed by atoms with van der Waals surface area (Å²) in [5.74, 6) is 1.43. The third-order valence-electron chi connectivity index (χ3n) is 5.47. The first-order valence-electron chi connectivity index (χ1n) is 9.55. The number of anilines is 1. The summed E-state index contributed by atoms with van der Waals surface area (Å²) >= 11 is 1.74. The summed E-state index contributed by atoms with van der Waals surface area (Å²) < 4.78 is 8.66. The molecule has 4 aromatic rings. The number of benzene rings is 1. The van der Waals surface area contributed by atoms with Crippen molar-refractivity contribution in [3.05, 3.63) is 41.9 Å². The Morgan fingerprint density at radius 1 is 1.21 bits per heavy atom. The molecule has 1 aliphatic heterocycles. The molecule has 0 aliphatic carbocycles. The summed E-state index contributed by atoms with van der Waals surface area (Å²) in [7, 11) is 1.73. The van der Waals surface area contributed by atoms with E-state index >= 15 is 0 Å². The van der Waals surface area contributed by atoms with E-state index < -0.39 is 0 Å². The molecule has 0 bridgehead atoms. The second-order valence-corrected chi connectivity index (χ2v) is 8.50. The smallest absolute Gasteiger partial charge is 0.152 e. The number of fused-ring (bicyclic) bond motifs is 2. The zero-order valence-corrected chi connectivity index (χ0v) is 16.9. The van der Waals surface area contributed by atoms with Crippen LogP contribution in [0.25, 0.3) is 26.0 Å². The standard InChI is InChI=1S/C21H23N5OS/c1-13-7-14-9-17(28-20(14)16(8-13)27-2)18-15(10-25-5-3-4-6-25)11-26-19(18)21(22)23-12-24-26/h7-9,11-12H,3-6,10H2,1-2H3,(H2,22,23,24). The van der Waals surface area contributed by atoms with Crippen LogP contribution in [0.2, 0.25) is 0 Å². The van der Waals surface area contributed by atoms with Crippen LogP contribution in [0, 0.1) is 6.92 Å². The first-order valence-corrected chi connectivity index (χ1v) is 10.4. The molecular weight excluding hydrogens is 370 g/mol. The van der Waals surface area contributed by atoms with Gasteiger partial charge in [0, 0.05) is 23.2 Å². The number of rotatable bonds is 4. The van der Waals surface area contributed by atoms with Crippen molar-refractivity contribution in [2.75, 3.05) is 25.9 Å². The van der Waals surface area contributed by atoms with E-state index in [0.717, 1.165) is 41.2 Å². The van der Waals surface area contributed by atoms with Crippen molar-refractivity contribution in [1.82, 2.24) is 19.5 Å². The SMILES string of the molecule is COc1cc(C)cc2cc(-c3c(CN4CCCC4)cn4ncnc(N)c34)sc12. The van der Waals surface area contributed by atoms with Gasteiger partial charge in [0.15, 0.2) is 5.82 Å². The zero-order chi connectivity index (χ0) is 19.3. The van der Waals surface area contributed by atoms with Gasteiger partial charge in [0.2, 0.25) is 0 Å². The summed E-state index contributed by atoms with van der Waals surface area (Å²) in [6.45, 7) is 5.29. The lowest BCUT2D eigenvalue weighted by atomic mass is 10.1. The number of nitrogen functional groups attached to an aromatic ring is 1. The number of ether oxygens (including phenoxy) is 1. The molecular formula is C21H23N5OS. The van der Waals surface area contributed by atoms with Gasteiger partial charge in [0.25, 0.3) is 0 Å². The summed E-state index contributed by atoms with van der Waals surface area (Å²) in [6.07, 6.45) is 6.16. The number of nitrogens with zero attached hydrogens (tertiary/aromatic N) is 4. The van der Waals surface area contributed by atoms with Gasteiger partial charge in [-0.15, -0.1) is 11.3 Å². The van der Waals surface area contributed by atoms with Gasteiger partial charge in [-0.3, -0.25) is 4.90 Å². The van der Waals surface area contributed by atoms with Crippen molar-refractivity contribution in [3.63, 3.8) is 0 Å². The van der Waals surface area contributed by atoms with Gasteiger partial charge in [-0.1, -0.05) is 6.07 Å². The molecule has 6 nitrogen and oxygen atoms in total. The van der Waals surface area contributed by atoms with Crippen molar-refractivity contribution < 1.29 is 4.74 Å². The van der Waals surface area contributed by atoms with Gasteiger partial charge >= 0.3 is 0 Å². The quantitative estimate of drug-likeness (QED) is 0.565. The van der Waals surface area contributed by atoms with Crippen LogP contribution in [0.5, 0.6) is 5.75 Å². The van der Waals surface area contributed by atoms with Crippen LogP contribution in [-0.4, -0.2) is 39.7 Å². The second kappa shape index (κ2) is 6.76. The summed E-state index contributed by atoms with van der Waals surface area (Å²) in [5.41, 5.74) is 10.8. The Kier molecular flexibility index (Phi) is 4.21. The lowest BCUT2D eigenvalue weighted by molar-refractivity contribution is 0.332. The van der Waals surface area contributed by atoms with E-state index in [9.17, 15) is 0 Å². The molecule has 2 N–H and O–H groups in total. The molecule has 0 atom stereocenters. The van der Waals surface area contributed by atoms with Crippen molar-refractivity contribution in [2.24, 2.45) is 0 Å². The molecule has 7 heteroatoms. The van der Waals surface area contributed by atoms with E-state index in [0.29, 0.717) is 5.82 Å². The largest absolute Gasteiger partial charge is 0.495 e. The van der Waals surface area contributed by atoms with E-state index in [2.05, 4.69) is 46.3 Å². The Bertz CT molecular complexity index is 1170. The molecule has 4 heterocycles. The van der Waals surface area contributed by atoms with E-state index in [4.69, 9.17) is 10.5 Å². The number of hydrogen-bond donors (Lipinski definition) is 1. The number of likely N-dealkylation sites (tertiary alicyclic amines) is 1. The maximum Gasteiger partial charge on any atom is 0.152 e. The highest BCUT2D eigenvalue weighted by Gasteiger charge is 2.22. The monoisotopic (exact) mass is 393 g/mol. The van der Waals surface area contributed by atoms with Crippen LogP contribution >= 0.6 is 11.3 Å². The third kappa shape index (κ3) is 2.82. The average Bonchev–Trinajstić information content (AvgIpc) is 3.39. The molecule has 144 valence electrons. The van der Waals surface area contributed by atoms with Crippen molar-refractivity contribution >= 4 is 32.8 Å². The minimum absolute atomic E-state index is 0.512. The molecule has 0 amide bonds. The van der Waals surface area contributed by atoms with Crippen LogP contribution in [0.1, 0.15) is 24.0 Å². The molecule has 0 saturated carbocycles. The normalized spacial score (nSPS) is 15.1. The highest BCUT2D eigenvalue weighted by atomic mass is 32.1. The van der Waals surface area contributed by atoms with Gasteiger partial charge in [0.05, 0.1) is 11.8 Å². The number of methoxy groups -OCH3 is 1.